The van der Waals surface area contributed by atoms with Gasteiger partial charge in [0.05, 0.1) is 19.8 Å². The first-order chi connectivity index (χ1) is 8.20. The summed E-state index contributed by atoms with van der Waals surface area (Å²) in [6, 6.07) is 6.40. The fourth-order valence-electron chi connectivity index (χ4n) is 2.06. The van der Waals surface area contributed by atoms with E-state index in [1.54, 1.807) is 7.11 Å². The van der Waals surface area contributed by atoms with Gasteiger partial charge in [-0.1, -0.05) is 19.9 Å². The van der Waals surface area contributed by atoms with Crippen molar-refractivity contribution >= 4 is 0 Å². The Kier molecular flexibility index (Phi) is 4.02. The molecule has 1 N–H and O–H groups in total. The quantitative estimate of drug-likeness (QED) is 0.873. The molecule has 1 heterocycles. The molecule has 0 saturated carbocycles. The molecular formula is C14H21NO2. The number of hydrogen-bond acceptors (Lipinski definition) is 3. The van der Waals surface area contributed by atoms with Crippen molar-refractivity contribution in [2.24, 2.45) is 0 Å². The predicted octanol–water partition coefficient (Wildman–Crippen LogP) is 2.48. The van der Waals surface area contributed by atoms with E-state index in [1.807, 2.05) is 0 Å². The summed E-state index contributed by atoms with van der Waals surface area (Å²) in [5.41, 5.74) is 2.51. The van der Waals surface area contributed by atoms with Gasteiger partial charge >= 0.3 is 0 Å². The van der Waals surface area contributed by atoms with Crippen LogP contribution in [0.3, 0.4) is 0 Å². The highest BCUT2D eigenvalue weighted by Gasteiger charge is 2.17. The molecule has 0 aromatic heterocycles. The molecule has 17 heavy (non-hydrogen) atoms. The van der Waals surface area contributed by atoms with Gasteiger partial charge < -0.3 is 14.8 Å². The second-order valence-corrected chi connectivity index (χ2v) is 4.76. The Labute approximate surface area is 103 Å². The molecule has 3 nitrogen and oxygen atoms in total. The largest absolute Gasteiger partial charge is 0.497 e. The van der Waals surface area contributed by atoms with Gasteiger partial charge in [-0.15, -0.1) is 0 Å². The third kappa shape index (κ3) is 2.99. The molecule has 0 amide bonds. The first-order valence-electron chi connectivity index (χ1n) is 6.22. The minimum Gasteiger partial charge on any atom is -0.497 e. The van der Waals surface area contributed by atoms with Crippen LogP contribution in [-0.4, -0.2) is 26.8 Å². The van der Waals surface area contributed by atoms with Crippen LogP contribution >= 0.6 is 0 Å². The number of nitrogens with one attached hydrogen (secondary N) is 1. The summed E-state index contributed by atoms with van der Waals surface area (Å²) in [6.45, 7) is 6.98. The van der Waals surface area contributed by atoms with E-state index < -0.39 is 0 Å². The van der Waals surface area contributed by atoms with Crippen molar-refractivity contribution in [1.82, 2.24) is 5.32 Å². The zero-order valence-electron chi connectivity index (χ0n) is 10.8. The number of ether oxygens (including phenoxy) is 2. The highest BCUT2D eigenvalue weighted by Crippen LogP contribution is 2.28. The summed E-state index contributed by atoms with van der Waals surface area (Å²) in [5.74, 6) is 1.42. The molecule has 1 aromatic rings. The van der Waals surface area contributed by atoms with E-state index in [4.69, 9.17) is 9.47 Å². The number of rotatable bonds is 3. The van der Waals surface area contributed by atoms with Gasteiger partial charge in [0.25, 0.3) is 0 Å². The third-order valence-electron chi connectivity index (χ3n) is 3.15. The Bertz CT molecular complexity index is 370. The number of benzene rings is 1. The minimum atomic E-state index is 0.149. The Morgan fingerprint density at radius 3 is 2.76 bits per heavy atom. The average Bonchev–Trinajstić information content (AvgIpc) is 2.39. The smallest absolute Gasteiger partial charge is 0.119 e. The molecule has 1 aromatic carbocycles. The Morgan fingerprint density at radius 2 is 2.18 bits per heavy atom. The van der Waals surface area contributed by atoms with E-state index in [9.17, 15) is 0 Å². The lowest BCUT2D eigenvalue weighted by molar-refractivity contribution is 0.0275. The fourth-order valence-corrected chi connectivity index (χ4v) is 2.06. The summed E-state index contributed by atoms with van der Waals surface area (Å²) in [7, 11) is 1.71. The van der Waals surface area contributed by atoms with Crippen LogP contribution in [0, 0.1) is 0 Å². The van der Waals surface area contributed by atoms with E-state index in [1.165, 1.54) is 11.1 Å². The third-order valence-corrected chi connectivity index (χ3v) is 3.15. The zero-order valence-corrected chi connectivity index (χ0v) is 10.8. The van der Waals surface area contributed by atoms with Crippen molar-refractivity contribution < 1.29 is 9.47 Å². The molecule has 1 saturated heterocycles. The van der Waals surface area contributed by atoms with Crippen LogP contribution in [-0.2, 0) is 4.74 Å². The zero-order chi connectivity index (χ0) is 12.3. The molecule has 3 heteroatoms. The van der Waals surface area contributed by atoms with Crippen LogP contribution in [0.25, 0.3) is 0 Å². The van der Waals surface area contributed by atoms with Gasteiger partial charge in [0.1, 0.15) is 5.75 Å². The summed E-state index contributed by atoms with van der Waals surface area (Å²) in [6.07, 6.45) is 0.149. The van der Waals surface area contributed by atoms with Gasteiger partial charge in [-0.05, 0) is 29.2 Å². The van der Waals surface area contributed by atoms with E-state index in [0.717, 1.165) is 25.4 Å². The lowest BCUT2D eigenvalue weighted by Crippen LogP contribution is -2.33. The number of morpholine rings is 1. The van der Waals surface area contributed by atoms with Crippen LogP contribution in [0.1, 0.15) is 37.0 Å². The van der Waals surface area contributed by atoms with Gasteiger partial charge in [-0.25, -0.2) is 0 Å². The maximum atomic E-state index is 5.78. The fraction of sp³-hybridized carbons (Fsp3) is 0.571. The van der Waals surface area contributed by atoms with E-state index >= 15 is 0 Å². The van der Waals surface area contributed by atoms with Crippen LogP contribution in [0.15, 0.2) is 18.2 Å². The van der Waals surface area contributed by atoms with Crippen molar-refractivity contribution in [3.8, 4) is 5.75 Å². The highest BCUT2D eigenvalue weighted by atomic mass is 16.5. The lowest BCUT2D eigenvalue weighted by atomic mass is 9.97. The second kappa shape index (κ2) is 5.52. The van der Waals surface area contributed by atoms with Crippen molar-refractivity contribution in [2.45, 2.75) is 25.9 Å². The van der Waals surface area contributed by atoms with Crippen LogP contribution in [0.5, 0.6) is 5.75 Å². The summed E-state index contributed by atoms with van der Waals surface area (Å²) < 4.78 is 11.1. The molecule has 0 aliphatic carbocycles. The van der Waals surface area contributed by atoms with E-state index in [2.05, 4.69) is 37.4 Å². The number of methoxy groups -OCH3 is 1. The van der Waals surface area contributed by atoms with Crippen molar-refractivity contribution in [1.29, 1.82) is 0 Å². The second-order valence-electron chi connectivity index (χ2n) is 4.76. The summed E-state index contributed by atoms with van der Waals surface area (Å²) in [4.78, 5) is 0. The molecule has 0 spiro atoms. The first kappa shape index (κ1) is 12.4. The molecule has 1 aliphatic rings. The van der Waals surface area contributed by atoms with Crippen molar-refractivity contribution in [3.05, 3.63) is 29.3 Å². The van der Waals surface area contributed by atoms with E-state index in [0.29, 0.717) is 5.92 Å². The topological polar surface area (TPSA) is 30.5 Å². The van der Waals surface area contributed by atoms with Gasteiger partial charge in [0.2, 0.25) is 0 Å². The molecular weight excluding hydrogens is 214 g/mol. The lowest BCUT2D eigenvalue weighted by Gasteiger charge is -2.25. The predicted molar refractivity (Wildman–Crippen MR) is 68.6 cm³/mol. The molecule has 94 valence electrons. The highest BCUT2D eigenvalue weighted by molar-refractivity contribution is 5.37. The normalized spacial score (nSPS) is 20.6. The Morgan fingerprint density at radius 1 is 1.35 bits per heavy atom. The molecule has 1 atom stereocenters. The first-order valence-corrected chi connectivity index (χ1v) is 6.22. The maximum Gasteiger partial charge on any atom is 0.119 e. The number of hydrogen-bond donors (Lipinski definition) is 1. The Hall–Kier alpha value is -1.06. The Balaban J connectivity index is 2.28. The van der Waals surface area contributed by atoms with Gasteiger partial charge in [-0.3, -0.25) is 0 Å². The van der Waals surface area contributed by atoms with Crippen LogP contribution in [0.2, 0.25) is 0 Å². The SMILES string of the molecule is COc1cc(C(C)C)cc(C2CNCCO2)c1. The molecule has 2 rings (SSSR count). The van der Waals surface area contributed by atoms with Gasteiger partial charge in [0, 0.05) is 13.1 Å². The minimum absolute atomic E-state index is 0.149. The monoisotopic (exact) mass is 235 g/mol. The van der Waals surface area contributed by atoms with Gasteiger partial charge in [-0.2, -0.15) is 0 Å². The van der Waals surface area contributed by atoms with Crippen molar-refractivity contribution in [3.63, 3.8) is 0 Å². The maximum absolute atomic E-state index is 5.78. The van der Waals surface area contributed by atoms with Gasteiger partial charge in [0.15, 0.2) is 0 Å². The van der Waals surface area contributed by atoms with Crippen LogP contribution < -0.4 is 10.1 Å². The molecule has 1 unspecified atom stereocenters. The summed E-state index contributed by atoms with van der Waals surface area (Å²) in [5, 5.41) is 3.35. The molecule has 1 fully saturated rings. The average molecular weight is 235 g/mol. The standard InChI is InChI=1S/C14H21NO2/c1-10(2)11-6-12(8-13(7-11)16-3)14-9-15-4-5-17-14/h6-8,10,14-15H,4-5,9H2,1-3H3. The molecule has 0 radical (unpaired) electrons. The van der Waals surface area contributed by atoms with E-state index in [-0.39, 0.29) is 6.10 Å². The molecule has 0 bridgehead atoms. The summed E-state index contributed by atoms with van der Waals surface area (Å²) >= 11 is 0. The van der Waals surface area contributed by atoms with Crippen LogP contribution in [0.4, 0.5) is 0 Å². The van der Waals surface area contributed by atoms with Crippen molar-refractivity contribution in [2.75, 3.05) is 26.8 Å². The molecule has 1 aliphatic heterocycles.